The number of quaternary nitrogens is 1. The zero-order valence-electron chi connectivity index (χ0n) is 8.05. The van der Waals surface area contributed by atoms with Crippen molar-refractivity contribution < 1.29 is 22.1 Å². The third-order valence-electron chi connectivity index (χ3n) is 2.46. The molecule has 1 fully saturated rings. The quantitative estimate of drug-likeness (QED) is 0.455. The minimum absolute atomic E-state index is 0. The first-order valence-corrected chi connectivity index (χ1v) is 4.52. The number of likely N-dealkylation sites (N-methyl/N-ethyl adjacent to an activating group) is 1. The first kappa shape index (κ1) is 12.5. The molecule has 0 spiro atoms. The van der Waals surface area contributed by atoms with Crippen molar-refractivity contribution in [3.8, 4) is 0 Å². The van der Waals surface area contributed by atoms with Crippen LogP contribution in [0.3, 0.4) is 0 Å². The van der Waals surface area contributed by atoms with Crippen LogP contribution >= 0.6 is 0 Å². The van der Waals surface area contributed by atoms with E-state index >= 15 is 0 Å². The van der Waals surface area contributed by atoms with Crippen LogP contribution < -0.4 is 17.3 Å². The molecule has 3 nitrogen and oxygen atoms in total. The SMILES string of the molecule is C=CC(=O)N1CC[NH+](CC)CC1.[Cl-]. The monoisotopic (exact) mass is 204 g/mol. The number of halogens is 1. The van der Waals surface area contributed by atoms with Crippen molar-refractivity contribution in [3.63, 3.8) is 0 Å². The summed E-state index contributed by atoms with van der Waals surface area (Å²) in [6.07, 6.45) is 1.40. The summed E-state index contributed by atoms with van der Waals surface area (Å²) in [5.41, 5.74) is 0. The maximum Gasteiger partial charge on any atom is 0.246 e. The summed E-state index contributed by atoms with van der Waals surface area (Å²) in [7, 11) is 0. The molecule has 0 aliphatic carbocycles. The predicted octanol–water partition coefficient (Wildman–Crippen LogP) is -4.08. The van der Waals surface area contributed by atoms with E-state index in [1.54, 1.807) is 4.90 Å². The van der Waals surface area contributed by atoms with Crippen LogP contribution in [-0.2, 0) is 4.79 Å². The molecule has 0 aromatic heterocycles. The first-order chi connectivity index (χ1) is 5.77. The minimum Gasteiger partial charge on any atom is -1.00 e. The van der Waals surface area contributed by atoms with Crippen molar-refractivity contribution >= 4 is 5.91 Å². The molecule has 0 aromatic carbocycles. The fourth-order valence-electron chi connectivity index (χ4n) is 1.53. The maximum atomic E-state index is 11.2. The molecule has 0 bridgehead atoms. The van der Waals surface area contributed by atoms with Crippen molar-refractivity contribution in [1.82, 2.24) is 4.90 Å². The van der Waals surface area contributed by atoms with Crippen LogP contribution in [0, 0.1) is 0 Å². The zero-order valence-corrected chi connectivity index (χ0v) is 8.81. The van der Waals surface area contributed by atoms with Gasteiger partial charge in [-0.25, -0.2) is 0 Å². The Balaban J connectivity index is 0.00000144. The lowest BCUT2D eigenvalue weighted by Crippen LogP contribution is -3.14. The van der Waals surface area contributed by atoms with Gasteiger partial charge in [0, 0.05) is 0 Å². The van der Waals surface area contributed by atoms with Crippen molar-refractivity contribution in [2.24, 2.45) is 0 Å². The van der Waals surface area contributed by atoms with Crippen LogP contribution in [0.4, 0.5) is 0 Å². The molecule has 13 heavy (non-hydrogen) atoms. The lowest BCUT2D eigenvalue weighted by atomic mass is 10.3. The average molecular weight is 205 g/mol. The summed E-state index contributed by atoms with van der Waals surface area (Å²) in [5.74, 6) is 0.0742. The number of nitrogens with one attached hydrogen (secondary N) is 1. The molecule has 0 saturated carbocycles. The van der Waals surface area contributed by atoms with Crippen LogP contribution in [0.1, 0.15) is 6.92 Å². The molecule has 76 valence electrons. The molecule has 1 rings (SSSR count). The molecule has 0 aromatic rings. The van der Waals surface area contributed by atoms with E-state index in [0.717, 1.165) is 32.7 Å². The molecule has 1 amide bonds. The summed E-state index contributed by atoms with van der Waals surface area (Å²) in [6.45, 7) is 10.7. The van der Waals surface area contributed by atoms with Crippen molar-refractivity contribution in [2.75, 3.05) is 32.7 Å². The lowest BCUT2D eigenvalue weighted by Gasteiger charge is -2.30. The second-order valence-corrected chi connectivity index (χ2v) is 3.13. The summed E-state index contributed by atoms with van der Waals surface area (Å²) in [6, 6.07) is 0. The van der Waals surface area contributed by atoms with Gasteiger partial charge in [0.15, 0.2) is 0 Å². The minimum atomic E-state index is 0. The van der Waals surface area contributed by atoms with Crippen LogP contribution in [0.5, 0.6) is 0 Å². The summed E-state index contributed by atoms with van der Waals surface area (Å²) in [4.78, 5) is 14.6. The lowest BCUT2D eigenvalue weighted by molar-refractivity contribution is -0.902. The van der Waals surface area contributed by atoms with Crippen molar-refractivity contribution in [3.05, 3.63) is 12.7 Å². The fraction of sp³-hybridized carbons (Fsp3) is 0.667. The standard InChI is InChI=1S/C9H16N2O.ClH/c1-3-9(12)11-7-5-10(4-2)6-8-11;/h3H,1,4-8H2,2H3;1H. The third-order valence-corrected chi connectivity index (χ3v) is 2.46. The van der Waals surface area contributed by atoms with E-state index in [0.29, 0.717) is 0 Å². The molecule has 1 aliphatic rings. The highest BCUT2D eigenvalue weighted by atomic mass is 35.5. The van der Waals surface area contributed by atoms with Gasteiger partial charge >= 0.3 is 0 Å². The Morgan fingerprint density at radius 3 is 2.46 bits per heavy atom. The van der Waals surface area contributed by atoms with Crippen molar-refractivity contribution in [2.45, 2.75) is 6.92 Å². The Kier molecular flexibility index (Phi) is 5.75. The van der Waals surface area contributed by atoms with Gasteiger partial charge in [-0.1, -0.05) is 6.58 Å². The number of hydrogen-bond acceptors (Lipinski definition) is 1. The van der Waals surface area contributed by atoms with E-state index in [1.807, 2.05) is 4.90 Å². The fourth-order valence-corrected chi connectivity index (χ4v) is 1.53. The van der Waals surface area contributed by atoms with Gasteiger partial charge in [-0.3, -0.25) is 4.79 Å². The summed E-state index contributed by atoms with van der Waals surface area (Å²) in [5, 5.41) is 0. The topological polar surface area (TPSA) is 24.8 Å². The van der Waals surface area contributed by atoms with Gasteiger partial charge in [0.05, 0.1) is 32.7 Å². The Morgan fingerprint density at radius 1 is 1.54 bits per heavy atom. The highest BCUT2D eigenvalue weighted by Gasteiger charge is 2.20. The van der Waals surface area contributed by atoms with Gasteiger partial charge in [-0.2, -0.15) is 0 Å². The summed E-state index contributed by atoms with van der Waals surface area (Å²) >= 11 is 0. The molecule has 0 radical (unpaired) electrons. The number of carbonyl (C=O) groups excluding carboxylic acids is 1. The number of nitrogens with zero attached hydrogens (tertiary/aromatic N) is 1. The van der Waals surface area contributed by atoms with E-state index in [-0.39, 0.29) is 18.3 Å². The molecule has 4 heteroatoms. The van der Waals surface area contributed by atoms with Gasteiger partial charge in [0.25, 0.3) is 0 Å². The van der Waals surface area contributed by atoms with E-state index in [9.17, 15) is 4.79 Å². The second kappa shape index (κ2) is 6.00. The zero-order chi connectivity index (χ0) is 8.97. The molecule has 1 N–H and O–H groups in total. The van der Waals surface area contributed by atoms with Crippen molar-refractivity contribution in [1.29, 1.82) is 0 Å². The van der Waals surface area contributed by atoms with Crippen LogP contribution in [0.2, 0.25) is 0 Å². The second-order valence-electron chi connectivity index (χ2n) is 3.13. The van der Waals surface area contributed by atoms with Crippen LogP contribution in [-0.4, -0.2) is 43.5 Å². The van der Waals surface area contributed by atoms with Gasteiger partial charge < -0.3 is 22.2 Å². The molecule has 0 unspecified atom stereocenters. The van der Waals surface area contributed by atoms with Gasteiger partial charge in [0.2, 0.25) is 5.91 Å². The van der Waals surface area contributed by atoms with Gasteiger partial charge in [0.1, 0.15) is 0 Å². The molecular weight excluding hydrogens is 188 g/mol. The van der Waals surface area contributed by atoms with E-state index in [1.165, 1.54) is 6.08 Å². The predicted molar refractivity (Wildman–Crippen MR) is 48.0 cm³/mol. The van der Waals surface area contributed by atoms with Gasteiger partial charge in [-0.05, 0) is 13.0 Å². The molecule has 1 heterocycles. The largest absolute Gasteiger partial charge is 1.00 e. The maximum absolute atomic E-state index is 11.2. The molecule has 1 aliphatic heterocycles. The number of rotatable bonds is 2. The Bertz CT molecular complexity index is 176. The highest BCUT2D eigenvalue weighted by molar-refractivity contribution is 5.86. The Labute approximate surface area is 85.8 Å². The van der Waals surface area contributed by atoms with Crippen LogP contribution in [0.25, 0.3) is 0 Å². The van der Waals surface area contributed by atoms with E-state index in [4.69, 9.17) is 0 Å². The van der Waals surface area contributed by atoms with Crippen LogP contribution in [0.15, 0.2) is 12.7 Å². The molecular formula is C9H17ClN2O. The number of amides is 1. The van der Waals surface area contributed by atoms with E-state index < -0.39 is 0 Å². The number of hydrogen-bond donors (Lipinski definition) is 1. The third kappa shape index (κ3) is 3.36. The molecule has 0 atom stereocenters. The molecule has 1 saturated heterocycles. The highest BCUT2D eigenvalue weighted by Crippen LogP contribution is 1.90. The number of piperazine rings is 1. The summed E-state index contributed by atoms with van der Waals surface area (Å²) < 4.78 is 0. The van der Waals surface area contributed by atoms with Gasteiger partial charge in [-0.15, -0.1) is 0 Å². The van der Waals surface area contributed by atoms with E-state index in [2.05, 4.69) is 13.5 Å². The number of carbonyl (C=O) groups is 1. The smallest absolute Gasteiger partial charge is 0.246 e. The Hall–Kier alpha value is -0.540. The first-order valence-electron chi connectivity index (χ1n) is 4.52. The Morgan fingerprint density at radius 2 is 2.08 bits per heavy atom. The normalized spacial score (nSPS) is 17.8. The average Bonchev–Trinajstić information content (AvgIpc) is 2.17.